The zero-order valence-corrected chi connectivity index (χ0v) is 13.7. The fraction of sp³-hybridized carbons (Fsp3) is 0.188. The number of hydrogen-bond acceptors (Lipinski definition) is 1. The van der Waals surface area contributed by atoms with E-state index in [1.54, 1.807) is 6.07 Å². The molecule has 5 heteroatoms. The van der Waals surface area contributed by atoms with Crippen molar-refractivity contribution in [2.75, 3.05) is 0 Å². The fourth-order valence-corrected chi connectivity index (χ4v) is 2.79. The van der Waals surface area contributed by atoms with Crippen LogP contribution in [-0.4, -0.2) is 9.55 Å². The second-order valence-electron chi connectivity index (χ2n) is 4.93. The Morgan fingerprint density at radius 3 is 2.62 bits per heavy atom. The zero-order chi connectivity index (χ0) is 15.0. The highest BCUT2D eigenvalue weighted by molar-refractivity contribution is 9.10. The van der Waals surface area contributed by atoms with E-state index < -0.39 is 0 Å². The summed E-state index contributed by atoms with van der Waals surface area (Å²) in [6.45, 7) is 2.53. The van der Waals surface area contributed by atoms with Crippen LogP contribution in [0.5, 0.6) is 0 Å². The molecular formula is C16H13BrClFN2. The summed E-state index contributed by atoms with van der Waals surface area (Å²) in [6, 6.07) is 12.7. The maximum atomic E-state index is 13.4. The monoisotopic (exact) mass is 366 g/mol. The lowest BCUT2D eigenvalue weighted by atomic mass is 10.2. The maximum absolute atomic E-state index is 13.4. The molecule has 1 atom stereocenters. The molecule has 0 spiro atoms. The van der Waals surface area contributed by atoms with Gasteiger partial charge < -0.3 is 4.57 Å². The SMILES string of the molecule is CC(Cl)c1nc2cc(F)ccc2n1Cc1ccc(Br)cc1. The third kappa shape index (κ3) is 2.97. The van der Waals surface area contributed by atoms with E-state index in [1.165, 1.54) is 12.1 Å². The van der Waals surface area contributed by atoms with Gasteiger partial charge in [-0.05, 0) is 36.8 Å². The summed E-state index contributed by atoms with van der Waals surface area (Å²) in [5.41, 5.74) is 2.66. The quantitative estimate of drug-likeness (QED) is 0.575. The molecule has 108 valence electrons. The summed E-state index contributed by atoms with van der Waals surface area (Å²) in [5.74, 6) is 0.463. The van der Waals surface area contributed by atoms with E-state index in [0.717, 1.165) is 21.4 Å². The number of hydrogen-bond donors (Lipinski definition) is 0. The molecule has 0 bridgehead atoms. The maximum Gasteiger partial charge on any atom is 0.128 e. The van der Waals surface area contributed by atoms with Crippen LogP contribution in [0.2, 0.25) is 0 Å². The second-order valence-corrected chi connectivity index (χ2v) is 6.50. The van der Waals surface area contributed by atoms with E-state index in [-0.39, 0.29) is 11.2 Å². The average Bonchev–Trinajstić information content (AvgIpc) is 2.79. The number of alkyl halides is 1. The Hall–Kier alpha value is -1.39. The molecule has 0 saturated carbocycles. The van der Waals surface area contributed by atoms with Crippen molar-refractivity contribution in [1.29, 1.82) is 0 Å². The van der Waals surface area contributed by atoms with Crippen LogP contribution in [0.4, 0.5) is 4.39 Å². The Morgan fingerprint density at radius 2 is 1.95 bits per heavy atom. The molecule has 0 fully saturated rings. The van der Waals surface area contributed by atoms with Gasteiger partial charge in [0.15, 0.2) is 0 Å². The molecule has 1 unspecified atom stereocenters. The first kappa shape index (κ1) is 14.5. The van der Waals surface area contributed by atoms with Gasteiger partial charge >= 0.3 is 0 Å². The van der Waals surface area contributed by atoms with Crippen LogP contribution in [0.15, 0.2) is 46.9 Å². The first-order valence-electron chi connectivity index (χ1n) is 6.59. The van der Waals surface area contributed by atoms with Crippen LogP contribution in [0.3, 0.4) is 0 Å². The van der Waals surface area contributed by atoms with Gasteiger partial charge in [-0.25, -0.2) is 9.37 Å². The van der Waals surface area contributed by atoms with Gasteiger partial charge in [-0.3, -0.25) is 0 Å². The predicted molar refractivity (Wildman–Crippen MR) is 87.2 cm³/mol. The minimum Gasteiger partial charge on any atom is -0.322 e. The molecule has 2 aromatic carbocycles. The van der Waals surface area contributed by atoms with Crippen molar-refractivity contribution in [3.63, 3.8) is 0 Å². The molecule has 0 amide bonds. The van der Waals surface area contributed by atoms with Gasteiger partial charge in [-0.2, -0.15) is 0 Å². The Labute approximate surface area is 135 Å². The van der Waals surface area contributed by atoms with Crippen molar-refractivity contribution in [1.82, 2.24) is 9.55 Å². The lowest BCUT2D eigenvalue weighted by Crippen LogP contribution is -2.05. The van der Waals surface area contributed by atoms with E-state index in [0.29, 0.717) is 12.1 Å². The molecule has 0 aliphatic heterocycles. The van der Waals surface area contributed by atoms with Crippen LogP contribution in [0, 0.1) is 5.82 Å². The van der Waals surface area contributed by atoms with Crippen molar-refractivity contribution in [3.8, 4) is 0 Å². The van der Waals surface area contributed by atoms with Gasteiger partial charge in [0.1, 0.15) is 11.6 Å². The third-order valence-electron chi connectivity index (χ3n) is 3.35. The van der Waals surface area contributed by atoms with Crippen molar-refractivity contribution in [2.24, 2.45) is 0 Å². The molecule has 21 heavy (non-hydrogen) atoms. The first-order valence-corrected chi connectivity index (χ1v) is 7.82. The molecule has 3 rings (SSSR count). The summed E-state index contributed by atoms with van der Waals surface area (Å²) in [4.78, 5) is 4.47. The van der Waals surface area contributed by atoms with Crippen molar-refractivity contribution >= 4 is 38.6 Å². The first-order chi connectivity index (χ1) is 10.0. The zero-order valence-electron chi connectivity index (χ0n) is 11.4. The summed E-state index contributed by atoms with van der Waals surface area (Å²) in [5, 5.41) is -0.240. The fourth-order valence-electron chi connectivity index (χ4n) is 2.36. The van der Waals surface area contributed by atoms with Crippen LogP contribution in [0.1, 0.15) is 23.7 Å². The van der Waals surface area contributed by atoms with Crippen molar-refractivity contribution in [2.45, 2.75) is 18.8 Å². The van der Waals surface area contributed by atoms with Gasteiger partial charge in [0, 0.05) is 17.1 Å². The van der Waals surface area contributed by atoms with Crippen molar-refractivity contribution in [3.05, 3.63) is 64.1 Å². The van der Waals surface area contributed by atoms with Gasteiger partial charge in [0.25, 0.3) is 0 Å². The smallest absolute Gasteiger partial charge is 0.128 e. The Kier molecular flexibility index (Phi) is 4.00. The summed E-state index contributed by atoms with van der Waals surface area (Å²) in [7, 11) is 0. The molecule has 1 aromatic heterocycles. The molecule has 0 aliphatic carbocycles. The Bertz CT molecular complexity index is 781. The minimum atomic E-state index is -0.287. The van der Waals surface area contributed by atoms with E-state index in [4.69, 9.17) is 11.6 Å². The average molecular weight is 368 g/mol. The van der Waals surface area contributed by atoms with E-state index >= 15 is 0 Å². The number of benzene rings is 2. The molecule has 3 aromatic rings. The third-order valence-corrected chi connectivity index (χ3v) is 4.07. The molecule has 1 heterocycles. The molecular weight excluding hydrogens is 355 g/mol. The van der Waals surface area contributed by atoms with Crippen LogP contribution in [-0.2, 0) is 6.54 Å². The normalized spacial score (nSPS) is 12.8. The Morgan fingerprint density at radius 1 is 1.24 bits per heavy atom. The van der Waals surface area contributed by atoms with E-state index in [9.17, 15) is 4.39 Å². The minimum absolute atomic E-state index is 0.240. The summed E-state index contributed by atoms with van der Waals surface area (Å²) < 4.78 is 16.4. The summed E-state index contributed by atoms with van der Waals surface area (Å²) in [6.07, 6.45) is 0. The number of rotatable bonds is 3. The topological polar surface area (TPSA) is 17.8 Å². The number of halogens is 3. The number of imidazole rings is 1. The molecule has 2 nitrogen and oxygen atoms in total. The van der Waals surface area contributed by atoms with Crippen molar-refractivity contribution < 1.29 is 4.39 Å². The molecule has 0 N–H and O–H groups in total. The van der Waals surface area contributed by atoms with Crippen LogP contribution in [0.25, 0.3) is 11.0 Å². The van der Waals surface area contributed by atoms with Gasteiger partial charge in [0.2, 0.25) is 0 Å². The lowest BCUT2D eigenvalue weighted by Gasteiger charge is -2.11. The number of aromatic nitrogens is 2. The van der Waals surface area contributed by atoms with E-state index in [2.05, 4.69) is 20.9 Å². The molecule has 0 aliphatic rings. The van der Waals surface area contributed by atoms with Crippen LogP contribution < -0.4 is 0 Å². The second kappa shape index (κ2) is 5.78. The van der Waals surface area contributed by atoms with Gasteiger partial charge in [0.05, 0.1) is 16.4 Å². The standard InChI is InChI=1S/C16H13BrClFN2/c1-10(18)16-20-14-8-13(19)6-7-15(14)21(16)9-11-2-4-12(17)5-3-11/h2-8,10H,9H2,1H3. The molecule has 0 saturated heterocycles. The number of fused-ring (bicyclic) bond motifs is 1. The molecule has 0 radical (unpaired) electrons. The lowest BCUT2D eigenvalue weighted by molar-refractivity contribution is 0.629. The number of nitrogens with zero attached hydrogens (tertiary/aromatic N) is 2. The predicted octanol–water partition coefficient (Wildman–Crippen LogP) is 5.29. The van der Waals surface area contributed by atoms with E-state index in [1.807, 2.05) is 35.8 Å². The highest BCUT2D eigenvalue weighted by Crippen LogP contribution is 2.26. The summed E-state index contributed by atoms with van der Waals surface area (Å²) >= 11 is 9.65. The highest BCUT2D eigenvalue weighted by Gasteiger charge is 2.15. The van der Waals surface area contributed by atoms with Crippen LogP contribution >= 0.6 is 27.5 Å². The van der Waals surface area contributed by atoms with Gasteiger partial charge in [-0.15, -0.1) is 11.6 Å². The van der Waals surface area contributed by atoms with Gasteiger partial charge in [-0.1, -0.05) is 28.1 Å². The largest absolute Gasteiger partial charge is 0.322 e. The Balaban J connectivity index is 2.10. The highest BCUT2D eigenvalue weighted by atomic mass is 79.9.